The summed E-state index contributed by atoms with van der Waals surface area (Å²) in [5.74, 6) is 0.227. The highest BCUT2D eigenvalue weighted by Crippen LogP contribution is 2.58. The van der Waals surface area contributed by atoms with Crippen LogP contribution in [0.2, 0.25) is 0 Å². The lowest BCUT2D eigenvalue weighted by atomic mass is 9.80. The predicted molar refractivity (Wildman–Crippen MR) is 178 cm³/mol. The molecule has 0 aliphatic carbocycles. The second-order valence-electron chi connectivity index (χ2n) is 12.9. The number of para-hydroxylation sites is 1. The van der Waals surface area contributed by atoms with Gasteiger partial charge in [0.05, 0.1) is 42.8 Å². The molecule has 4 aromatic rings. The number of nitrogens with zero attached hydrogens (tertiary/aromatic N) is 5. The second kappa shape index (κ2) is 13.5. The van der Waals surface area contributed by atoms with Crippen LogP contribution in [-0.4, -0.2) is 51.4 Å². The highest BCUT2D eigenvalue weighted by molar-refractivity contribution is 8.22. The standard InChI is InChI=1S/C34H44N6O5S/c1-7-17-39-21-28(37-38-39)22-44-31(34(5,6)32(41)36-27-11-10-16-35-19-27)25-15-14-24(2)26(18-25)20-40-23-33(3,4)45-29-12-8-9-13-30(29)46(40,42)43/h8-16,18-19,21,31,42-43H,7,17,20,22-23H2,1-6H3,(H,36,41). The maximum Gasteiger partial charge on any atom is 0.233 e. The quantitative estimate of drug-likeness (QED) is 0.157. The number of amides is 1. The van der Waals surface area contributed by atoms with E-state index >= 15 is 0 Å². The molecule has 12 heteroatoms. The molecule has 1 amide bonds. The number of rotatable bonds is 11. The Balaban J connectivity index is 1.48. The molecule has 246 valence electrons. The summed E-state index contributed by atoms with van der Waals surface area (Å²) >= 11 is 0. The van der Waals surface area contributed by atoms with Gasteiger partial charge in [-0.3, -0.25) is 23.6 Å². The molecule has 0 fully saturated rings. The van der Waals surface area contributed by atoms with Crippen molar-refractivity contribution in [2.75, 3.05) is 11.9 Å². The number of carbonyl (C=O) groups is 1. The van der Waals surface area contributed by atoms with Crippen LogP contribution in [0, 0.1) is 12.3 Å². The summed E-state index contributed by atoms with van der Waals surface area (Å²) in [6.07, 6.45) is 5.34. The number of benzene rings is 2. The van der Waals surface area contributed by atoms with Crippen LogP contribution in [-0.2, 0) is 29.2 Å². The molecule has 0 saturated carbocycles. The lowest BCUT2D eigenvalue weighted by Gasteiger charge is -2.43. The molecule has 0 spiro atoms. The number of fused-ring (bicyclic) bond motifs is 1. The zero-order valence-corrected chi connectivity index (χ0v) is 28.1. The Labute approximate surface area is 272 Å². The third kappa shape index (κ3) is 7.42. The Kier molecular flexibility index (Phi) is 9.85. The Morgan fingerprint density at radius 1 is 1.17 bits per heavy atom. The molecule has 0 radical (unpaired) electrons. The molecule has 46 heavy (non-hydrogen) atoms. The van der Waals surface area contributed by atoms with Gasteiger partial charge < -0.3 is 14.8 Å². The fraction of sp³-hybridized carbons (Fsp3) is 0.412. The first-order valence-electron chi connectivity index (χ1n) is 15.4. The van der Waals surface area contributed by atoms with E-state index in [1.165, 1.54) is 0 Å². The maximum atomic E-state index is 13.8. The number of anilines is 1. The zero-order chi connectivity index (χ0) is 33.1. The van der Waals surface area contributed by atoms with Crippen LogP contribution in [0.5, 0.6) is 5.75 Å². The second-order valence-corrected chi connectivity index (χ2v) is 14.9. The van der Waals surface area contributed by atoms with Crippen LogP contribution in [0.1, 0.15) is 69.5 Å². The summed E-state index contributed by atoms with van der Waals surface area (Å²) in [6, 6.07) is 16.5. The molecule has 3 heterocycles. The number of aromatic nitrogens is 4. The lowest BCUT2D eigenvalue weighted by molar-refractivity contribution is -0.134. The normalized spacial score (nSPS) is 17.3. The van der Waals surface area contributed by atoms with Crippen LogP contribution in [0.3, 0.4) is 0 Å². The van der Waals surface area contributed by atoms with Gasteiger partial charge in [0.1, 0.15) is 21.9 Å². The fourth-order valence-electron chi connectivity index (χ4n) is 5.59. The van der Waals surface area contributed by atoms with Crippen LogP contribution >= 0.6 is 10.8 Å². The average molecular weight is 649 g/mol. The van der Waals surface area contributed by atoms with E-state index in [0.717, 1.165) is 29.7 Å². The molecule has 1 aliphatic heterocycles. The first-order chi connectivity index (χ1) is 21.8. The van der Waals surface area contributed by atoms with Crippen molar-refractivity contribution in [1.29, 1.82) is 0 Å². The summed E-state index contributed by atoms with van der Waals surface area (Å²) < 4.78 is 39.4. The van der Waals surface area contributed by atoms with Gasteiger partial charge in [-0.2, -0.15) is 4.31 Å². The molecule has 5 rings (SSSR count). The van der Waals surface area contributed by atoms with Gasteiger partial charge in [0.25, 0.3) is 0 Å². The number of nitrogens with one attached hydrogen (secondary N) is 1. The third-order valence-corrected chi connectivity index (χ3v) is 9.97. The molecule has 2 aromatic carbocycles. The summed E-state index contributed by atoms with van der Waals surface area (Å²) in [5, 5.41) is 11.4. The molecule has 11 nitrogen and oxygen atoms in total. The molecule has 1 unspecified atom stereocenters. The minimum atomic E-state index is -3.37. The van der Waals surface area contributed by atoms with Crippen LogP contribution < -0.4 is 10.1 Å². The lowest BCUT2D eigenvalue weighted by Crippen LogP contribution is -2.41. The van der Waals surface area contributed by atoms with Crippen LogP contribution in [0.4, 0.5) is 5.69 Å². The maximum absolute atomic E-state index is 13.8. The van der Waals surface area contributed by atoms with Gasteiger partial charge in [0.15, 0.2) is 0 Å². The summed E-state index contributed by atoms with van der Waals surface area (Å²) in [5.41, 5.74) is 2.14. The molecule has 1 atom stereocenters. The minimum absolute atomic E-state index is 0.149. The van der Waals surface area contributed by atoms with Gasteiger partial charge in [-0.25, -0.2) is 0 Å². The fourth-order valence-corrected chi connectivity index (χ4v) is 7.32. The number of carbonyl (C=O) groups excluding carboxylic acids is 1. The van der Waals surface area contributed by atoms with E-state index in [9.17, 15) is 13.9 Å². The summed E-state index contributed by atoms with van der Waals surface area (Å²) in [6.45, 7) is 13.0. The van der Waals surface area contributed by atoms with Crippen molar-refractivity contribution in [2.24, 2.45) is 5.41 Å². The van der Waals surface area contributed by atoms with Crippen molar-refractivity contribution in [3.05, 3.63) is 95.6 Å². The average Bonchev–Trinajstić information content (AvgIpc) is 3.43. The van der Waals surface area contributed by atoms with Crippen molar-refractivity contribution >= 4 is 22.4 Å². The Morgan fingerprint density at radius 2 is 1.96 bits per heavy atom. The Hall–Kier alpha value is -3.81. The van der Waals surface area contributed by atoms with Crippen molar-refractivity contribution < 1.29 is 23.4 Å². The van der Waals surface area contributed by atoms with E-state index in [-0.39, 0.29) is 25.6 Å². The first kappa shape index (κ1) is 33.6. The van der Waals surface area contributed by atoms with E-state index < -0.39 is 27.9 Å². The predicted octanol–water partition coefficient (Wildman–Crippen LogP) is 7.01. The molecule has 0 bridgehead atoms. The number of hydrogen-bond acceptors (Lipinski definition) is 9. The van der Waals surface area contributed by atoms with Crippen molar-refractivity contribution in [3.63, 3.8) is 0 Å². The summed E-state index contributed by atoms with van der Waals surface area (Å²) in [4.78, 5) is 18.3. The first-order valence-corrected chi connectivity index (χ1v) is 16.9. The molecule has 3 N–H and O–H groups in total. The van der Waals surface area contributed by atoms with Gasteiger partial charge in [-0.05, 0) is 82.0 Å². The number of pyridine rings is 1. The van der Waals surface area contributed by atoms with E-state index in [4.69, 9.17) is 9.47 Å². The SMILES string of the molecule is CCCn1cc(COC(c2ccc(C)c(CN3CC(C)(C)Oc4ccccc4S3(O)O)c2)C(C)(C)C(=O)Nc2cccnc2)nn1. The highest BCUT2D eigenvalue weighted by Gasteiger charge is 2.41. The Morgan fingerprint density at radius 3 is 2.70 bits per heavy atom. The zero-order valence-electron chi connectivity index (χ0n) is 27.3. The molecular formula is C34H44N6O5S. The third-order valence-electron chi connectivity index (χ3n) is 8.07. The minimum Gasteiger partial charge on any atom is -0.484 e. The van der Waals surface area contributed by atoms with Gasteiger partial charge in [0, 0.05) is 19.3 Å². The van der Waals surface area contributed by atoms with Gasteiger partial charge in [-0.15, -0.1) is 15.9 Å². The van der Waals surface area contributed by atoms with Gasteiger partial charge in [0.2, 0.25) is 5.91 Å². The molecular weight excluding hydrogens is 604 g/mol. The summed E-state index contributed by atoms with van der Waals surface area (Å²) in [7, 11) is -3.37. The number of hydrogen-bond donors (Lipinski definition) is 3. The van der Waals surface area contributed by atoms with Crippen molar-refractivity contribution in [3.8, 4) is 5.75 Å². The molecule has 1 aliphatic rings. The number of ether oxygens (including phenoxy) is 2. The topological polar surface area (TPSA) is 135 Å². The molecule has 0 saturated heterocycles. The number of aryl methyl sites for hydroxylation is 2. The van der Waals surface area contributed by atoms with E-state index in [0.29, 0.717) is 22.0 Å². The van der Waals surface area contributed by atoms with E-state index in [2.05, 4.69) is 27.5 Å². The van der Waals surface area contributed by atoms with Crippen molar-refractivity contribution in [2.45, 2.75) is 84.3 Å². The van der Waals surface area contributed by atoms with Crippen LogP contribution in [0.15, 0.2) is 78.1 Å². The van der Waals surface area contributed by atoms with Crippen molar-refractivity contribution in [1.82, 2.24) is 24.3 Å². The van der Waals surface area contributed by atoms with E-state index in [1.54, 1.807) is 51.7 Å². The van der Waals surface area contributed by atoms with Crippen LogP contribution in [0.25, 0.3) is 0 Å². The largest absolute Gasteiger partial charge is 0.484 e. The van der Waals surface area contributed by atoms with Gasteiger partial charge in [-0.1, -0.05) is 42.5 Å². The Bertz CT molecular complexity index is 1660. The van der Waals surface area contributed by atoms with E-state index in [1.807, 2.05) is 65.1 Å². The smallest absolute Gasteiger partial charge is 0.233 e. The monoisotopic (exact) mass is 648 g/mol. The van der Waals surface area contributed by atoms with Gasteiger partial charge >= 0.3 is 0 Å². The highest BCUT2D eigenvalue weighted by atomic mass is 32.3. The molecule has 2 aromatic heterocycles.